The van der Waals surface area contributed by atoms with Crippen LogP contribution in [0.25, 0.3) is 0 Å². The zero-order chi connectivity index (χ0) is 13.8. The van der Waals surface area contributed by atoms with Crippen molar-refractivity contribution in [3.8, 4) is 5.75 Å². The Morgan fingerprint density at radius 1 is 1.47 bits per heavy atom. The number of aliphatic hydroxyl groups is 1. The Balaban J connectivity index is 1.93. The summed E-state index contributed by atoms with van der Waals surface area (Å²) in [4.78, 5) is 1.87. The molecule has 0 amide bonds. The molecule has 19 heavy (non-hydrogen) atoms. The normalized spacial score (nSPS) is 12.3. The van der Waals surface area contributed by atoms with Crippen LogP contribution in [-0.4, -0.2) is 39.7 Å². The molecule has 2 aromatic rings. The van der Waals surface area contributed by atoms with Crippen LogP contribution in [0.5, 0.6) is 5.75 Å². The summed E-state index contributed by atoms with van der Waals surface area (Å²) in [6.45, 7) is 0.809. The second-order valence-electron chi connectivity index (χ2n) is 4.55. The minimum Gasteiger partial charge on any atom is -0.508 e. The largest absolute Gasteiger partial charge is 0.508 e. The van der Waals surface area contributed by atoms with Crippen molar-refractivity contribution in [1.82, 2.24) is 9.78 Å². The molecule has 1 unspecified atom stereocenters. The third-order valence-corrected chi connectivity index (χ3v) is 2.81. The molecule has 0 saturated carbocycles. The summed E-state index contributed by atoms with van der Waals surface area (Å²) >= 11 is 0. The van der Waals surface area contributed by atoms with Gasteiger partial charge in [-0.25, -0.2) is 0 Å². The second kappa shape index (κ2) is 5.62. The average molecular weight is 262 g/mol. The first-order chi connectivity index (χ1) is 9.04. The van der Waals surface area contributed by atoms with E-state index >= 15 is 0 Å². The quantitative estimate of drug-likeness (QED) is 0.737. The molecule has 0 bridgehead atoms. The van der Waals surface area contributed by atoms with Gasteiger partial charge in [-0.2, -0.15) is 5.10 Å². The smallest absolute Gasteiger partial charge is 0.117 e. The van der Waals surface area contributed by atoms with Crippen LogP contribution in [-0.2, 0) is 6.54 Å². The van der Waals surface area contributed by atoms with E-state index in [-0.39, 0.29) is 5.75 Å². The first-order valence-corrected chi connectivity index (χ1v) is 6.01. The number of nitrogens with zero attached hydrogens (tertiary/aromatic N) is 3. The van der Waals surface area contributed by atoms with Gasteiger partial charge in [0.1, 0.15) is 5.75 Å². The Morgan fingerprint density at radius 3 is 2.89 bits per heavy atom. The highest BCUT2D eigenvalue weighted by molar-refractivity contribution is 5.49. The summed E-state index contributed by atoms with van der Waals surface area (Å²) in [5.41, 5.74) is 6.98. The first-order valence-electron chi connectivity index (χ1n) is 6.01. The third kappa shape index (κ3) is 3.62. The molecule has 0 saturated heterocycles. The highest BCUT2D eigenvalue weighted by Crippen LogP contribution is 2.19. The maximum Gasteiger partial charge on any atom is 0.117 e. The van der Waals surface area contributed by atoms with Gasteiger partial charge in [0.15, 0.2) is 0 Å². The lowest BCUT2D eigenvalue weighted by Gasteiger charge is -2.22. The molecule has 1 aromatic carbocycles. The van der Waals surface area contributed by atoms with Crippen LogP contribution in [0.3, 0.4) is 0 Å². The number of nitrogen functional groups attached to an aromatic ring is 1. The molecule has 6 heteroatoms. The van der Waals surface area contributed by atoms with Gasteiger partial charge in [-0.05, 0) is 12.1 Å². The summed E-state index contributed by atoms with van der Waals surface area (Å²) in [6.07, 6.45) is 2.65. The number of phenols is 1. The van der Waals surface area contributed by atoms with Crippen LogP contribution in [0, 0.1) is 0 Å². The standard InChI is InChI=1S/C13H18N4O2/c1-16(11-3-2-4-12(18)5-11)8-13(19)9-17-7-10(14)6-15-17/h2-7,13,18-19H,8-9,14H2,1H3. The molecule has 1 heterocycles. The molecular formula is C13H18N4O2. The lowest BCUT2D eigenvalue weighted by Crippen LogP contribution is -2.32. The number of aromatic nitrogens is 2. The number of benzene rings is 1. The first kappa shape index (κ1) is 13.2. The molecule has 2 rings (SSSR count). The number of likely N-dealkylation sites (N-methyl/N-ethyl adjacent to an activating group) is 1. The maximum absolute atomic E-state index is 10.0. The maximum atomic E-state index is 10.0. The fourth-order valence-corrected chi connectivity index (χ4v) is 1.91. The van der Waals surface area contributed by atoms with Crippen molar-refractivity contribution in [3.63, 3.8) is 0 Å². The summed E-state index contributed by atoms with van der Waals surface area (Å²) in [5, 5.41) is 23.4. The second-order valence-corrected chi connectivity index (χ2v) is 4.55. The van der Waals surface area contributed by atoms with Gasteiger partial charge < -0.3 is 20.8 Å². The Kier molecular flexibility index (Phi) is 3.91. The van der Waals surface area contributed by atoms with Crippen molar-refractivity contribution in [2.45, 2.75) is 12.6 Å². The molecule has 0 fully saturated rings. The van der Waals surface area contributed by atoms with Crippen molar-refractivity contribution in [1.29, 1.82) is 0 Å². The molecule has 0 radical (unpaired) electrons. The van der Waals surface area contributed by atoms with E-state index in [1.165, 1.54) is 0 Å². The van der Waals surface area contributed by atoms with E-state index < -0.39 is 6.10 Å². The van der Waals surface area contributed by atoms with Crippen molar-refractivity contribution < 1.29 is 10.2 Å². The van der Waals surface area contributed by atoms with E-state index in [9.17, 15) is 10.2 Å². The van der Waals surface area contributed by atoms with Crippen LogP contribution in [0.15, 0.2) is 36.7 Å². The summed E-state index contributed by atoms with van der Waals surface area (Å²) in [6, 6.07) is 6.90. The summed E-state index contributed by atoms with van der Waals surface area (Å²) in [5.74, 6) is 0.207. The Labute approximate surface area is 111 Å². The molecule has 0 aliphatic carbocycles. The van der Waals surface area contributed by atoms with Crippen LogP contribution in [0.4, 0.5) is 11.4 Å². The fraction of sp³-hybridized carbons (Fsp3) is 0.308. The van der Waals surface area contributed by atoms with Crippen molar-refractivity contribution in [3.05, 3.63) is 36.7 Å². The molecule has 0 spiro atoms. The minimum absolute atomic E-state index is 0.207. The predicted molar refractivity (Wildman–Crippen MR) is 74.0 cm³/mol. The van der Waals surface area contributed by atoms with Gasteiger partial charge in [-0.1, -0.05) is 6.07 Å². The molecular weight excluding hydrogens is 244 g/mol. The van der Waals surface area contributed by atoms with Crippen molar-refractivity contribution >= 4 is 11.4 Å². The predicted octanol–water partition coefficient (Wildman–Crippen LogP) is 0.668. The van der Waals surface area contributed by atoms with Crippen molar-refractivity contribution in [2.24, 2.45) is 0 Å². The number of hydrogen-bond donors (Lipinski definition) is 3. The molecule has 6 nitrogen and oxygen atoms in total. The van der Waals surface area contributed by atoms with Crippen LogP contribution in [0.2, 0.25) is 0 Å². The van der Waals surface area contributed by atoms with E-state index in [0.717, 1.165) is 5.69 Å². The van der Waals surface area contributed by atoms with Gasteiger partial charge in [0.25, 0.3) is 0 Å². The Hall–Kier alpha value is -2.21. The fourth-order valence-electron chi connectivity index (χ4n) is 1.91. The van der Waals surface area contributed by atoms with E-state index in [1.54, 1.807) is 35.3 Å². The lowest BCUT2D eigenvalue weighted by molar-refractivity contribution is 0.156. The van der Waals surface area contributed by atoms with Gasteiger partial charge in [-0.3, -0.25) is 4.68 Å². The van der Waals surface area contributed by atoms with Gasteiger partial charge in [-0.15, -0.1) is 0 Å². The molecule has 1 atom stereocenters. The third-order valence-electron chi connectivity index (χ3n) is 2.81. The SMILES string of the molecule is CN(CC(O)Cn1cc(N)cn1)c1cccc(O)c1. The molecule has 102 valence electrons. The van der Waals surface area contributed by atoms with E-state index in [1.807, 2.05) is 18.0 Å². The van der Waals surface area contributed by atoms with E-state index in [4.69, 9.17) is 5.73 Å². The number of phenolic OH excluding ortho intramolecular Hbond substituents is 1. The van der Waals surface area contributed by atoms with E-state index in [2.05, 4.69) is 5.10 Å². The number of rotatable bonds is 5. The Bertz CT molecular complexity index is 541. The highest BCUT2D eigenvalue weighted by Gasteiger charge is 2.10. The zero-order valence-electron chi connectivity index (χ0n) is 10.8. The van der Waals surface area contributed by atoms with Gasteiger partial charge in [0, 0.05) is 31.5 Å². The lowest BCUT2D eigenvalue weighted by atomic mass is 10.2. The molecule has 0 aliphatic heterocycles. The molecule has 1 aromatic heterocycles. The molecule has 4 N–H and O–H groups in total. The van der Waals surface area contributed by atoms with E-state index in [0.29, 0.717) is 18.8 Å². The van der Waals surface area contributed by atoms with Crippen molar-refractivity contribution in [2.75, 3.05) is 24.2 Å². The van der Waals surface area contributed by atoms with Gasteiger partial charge in [0.05, 0.1) is 24.5 Å². The number of anilines is 2. The number of hydrogen-bond acceptors (Lipinski definition) is 5. The Morgan fingerprint density at radius 2 is 2.26 bits per heavy atom. The van der Waals surface area contributed by atoms with Gasteiger partial charge >= 0.3 is 0 Å². The summed E-state index contributed by atoms with van der Waals surface area (Å²) in [7, 11) is 1.86. The molecule has 0 aliphatic rings. The minimum atomic E-state index is -0.577. The zero-order valence-corrected chi connectivity index (χ0v) is 10.8. The highest BCUT2D eigenvalue weighted by atomic mass is 16.3. The number of aromatic hydroxyl groups is 1. The summed E-state index contributed by atoms with van der Waals surface area (Å²) < 4.78 is 1.61. The monoisotopic (exact) mass is 262 g/mol. The topological polar surface area (TPSA) is 87.5 Å². The average Bonchev–Trinajstić information content (AvgIpc) is 2.74. The number of aliphatic hydroxyl groups excluding tert-OH is 1. The van der Waals surface area contributed by atoms with Gasteiger partial charge in [0.2, 0.25) is 0 Å². The van der Waals surface area contributed by atoms with Crippen LogP contribution in [0.1, 0.15) is 0 Å². The van der Waals surface area contributed by atoms with Crippen LogP contribution >= 0.6 is 0 Å². The van der Waals surface area contributed by atoms with Crippen LogP contribution < -0.4 is 10.6 Å². The number of nitrogens with two attached hydrogens (primary N) is 1.